The first-order chi connectivity index (χ1) is 13.8. The number of pyridine rings is 1. The van der Waals surface area contributed by atoms with Crippen molar-refractivity contribution in [3.63, 3.8) is 0 Å². The second kappa shape index (κ2) is 8.27. The van der Waals surface area contributed by atoms with E-state index in [4.69, 9.17) is 0 Å². The third-order valence-electron chi connectivity index (χ3n) is 4.34. The summed E-state index contributed by atoms with van der Waals surface area (Å²) in [4.78, 5) is 22.2. The smallest absolute Gasteiger partial charge is 0.310 e. The van der Waals surface area contributed by atoms with Gasteiger partial charge in [-0.25, -0.2) is 8.42 Å². The molecule has 9 heteroatoms. The van der Waals surface area contributed by atoms with Gasteiger partial charge in [0.05, 0.1) is 11.5 Å². The highest BCUT2D eigenvalue weighted by Crippen LogP contribution is 2.32. The maximum absolute atomic E-state index is 11.8. The van der Waals surface area contributed by atoms with Gasteiger partial charge in [0, 0.05) is 25.1 Å². The van der Waals surface area contributed by atoms with Crippen molar-refractivity contribution in [2.45, 2.75) is 18.0 Å². The zero-order valence-corrected chi connectivity index (χ0v) is 16.4. The van der Waals surface area contributed by atoms with E-state index in [-0.39, 0.29) is 22.7 Å². The average molecular weight is 413 g/mol. The molecule has 1 aromatic heterocycles. The molecule has 3 rings (SSSR count). The summed E-state index contributed by atoms with van der Waals surface area (Å²) in [5, 5.41) is 14.4. The number of nitrogens with zero attached hydrogens (tertiary/aromatic N) is 2. The molecule has 0 bridgehead atoms. The Morgan fingerprint density at radius 2 is 1.69 bits per heavy atom. The van der Waals surface area contributed by atoms with Crippen LogP contribution in [0.5, 0.6) is 0 Å². The van der Waals surface area contributed by atoms with Crippen molar-refractivity contribution < 1.29 is 13.3 Å². The number of nitro benzene ring substituents is 1. The normalized spacial score (nSPS) is 11.2. The molecule has 150 valence electrons. The molecule has 3 aromatic rings. The number of hydrogen-bond acceptors (Lipinski definition) is 6. The van der Waals surface area contributed by atoms with Gasteiger partial charge in [-0.15, -0.1) is 0 Å². The molecule has 0 radical (unpaired) electrons. The molecule has 0 aliphatic carbocycles. The quantitative estimate of drug-likeness (QED) is 0.471. The fourth-order valence-electron chi connectivity index (χ4n) is 2.90. The molecule has 0 aliphatic rings. The van der Waals surface area contributed by atoms with Gasteiger partial charge in [0.15, 0.2) is 9.84 Å². The molecular formula is C20H19N3O5S. The van der Waals surface area contributed by atoms with Gasteiger partial charge in [0.1, 0.15) is 10.6 Å². The van der Waals surface area contributed by atoms with E-state index < -0.39 is 20.4 Å². The van der Waals surface area contributed by atoms with Crippen LogP contribution in [0, 0.1) is 10.1 Å². The van der Waals surface area contributed by atoms with Gasteiger partial charge >= 0.3 is 5.69 Å². The Morgan fingerprint density at radius 3 is 2.31 bits per heavy atom. The van der Waals surface area contributed by atoms with Crippen LogP contribution in [0.2, 0.25) is 0 Å². The minimum absolute atomic E-state index is 0.0867. The van der Waals surface area contributed by atoms with Crippen molar-refractivity contribution in [3.05, 3.63) is 98.5 Å². The summed E-state index contributed by atoms with van der Waals surface area (Å²) in [5.41, 5.74) is 1.38. The summed E-state index contributed by atoms with van der Waals surface area (Å²) in [6.45, 7) is 0.717. The molecule has 0 amide bonds. The highest BCUT2D eigenvalue weighted by Gasteiger charge is 2.25. The number of anilines is 1. The van der Waals surface area contributed by atoms with Gasteiger partial charge < -0.3 is 9.88 Å². The summed E-state index contributed by atoms with van der Waals surface area (Å²) in [7, 11) is -3.73. The lowest BCUT2D eigenvalue weighted by Crippen LogP contribution is -2.18. The molecular weight excluding hydrogens is 394 g/mol. The summed E-state index contributed by atoms with van der Waals surface area (Å²) in [6.07, 6.45) is 2.65. The first-order valence-corrected chi connectivity index (χ1v) is 10.6. The number of nitrogens with one attached hydrogen (secondary N) is 1. The van der Waals surface area contributed by atoms with Crippen molar-refractivity contribution in [1.29, 1.82) is 0 Å². The molecule has 0 spiro atoms. The molecule has 0 atom stereocenters. The maximum Gasteiger partial charge on any atom is 0.310 e. The third-order valence-corrected chi connectivity index (χ3v) is 5.47. The Bertz CT molecular complexity index is 1200. The second-order valence-corrected chi connectivity index (χ2v) is 8.50. The van der Waals surface area contributed by atoms with Crippen molar-refractivity contribution in [2.24, 2.45) is 0 Å². The van der Waals surface area contributed by atoms with Crippen LogP contribution in [0.4, 0.5) is 11.4 Å². The average Bonchev–Trinajstić information content (AvgIpc) is 2.68. The molecule has 0 saturated heterocycles. The van der Waals surface area contributed by atoms with E-state index in [2.05, 4.69) is 5.32 Å². The Kier molecular flexibility index (Phi) is 5.79. The van der Waals surface area contributed by atoms with Gasteiger partial charge in [-0.3, -0.25) is 14.9 Å². The number of hydrogen-bond donors (Lipinski definition) is 1. The Labute approximate surface area is 167 Å². The van der Waals surface area contributed by atoms with Crippen LogP contribution in [0.15, 0.2) is 76.6 Å². The molecule has 0 saturated carbocycles. The van der Waals surface area contributed by atoms with Crippen molar-refractivity contribution in [1.82, 2.24) is 4.57 Å². The SMILES string of the molecule is CS(=O)(=O)c1cccc(NCc2ccc(Cn3ccccc3=O)cc2)c1[N+](=O)[O-]. The van der Waals surface area contributed by atoms with Crippen LogP contribution >= 0.6 is 0 Å². The van der Waals surface area contributed by atoms with Crippen LogP contribution in [0.1, 0.15) is 11.1 Å². The minimum atomic E-state index is -3.73. The zero-order chi connectivity index (χ0) is 21.0. The third kappa shape index (κ3) is 4.88. The molecule has 8 nitrogen and oxygen atoms in total. The van der Waals surface area contributed by atoms with Crippen LogP contribution in [-0.2, 0) is 22.9 Å². The molecule has 2 aromatic carbocycles. The highest BCUT2D eigenvalue weighted by atomic mass is 32.2. The van der Waals surface area contributed by atoms with E-state index in [1.54, 1.807) is 22.9 Å². The van der Waals surface area contributed by atoms with Crippen molar-refractivity contribution >= 4 is 21.2 Å². The van der Waals surface area contributed by atoms with E-state index in [9.17, 15) is 23.3 Å². The van der Waals surface area contributed by atoms with Gasteiger partial charge in [0.2, 0.25) is 0 Å². The van der Waals surface area contributed by atoms with E-state index in [1.807, 2.05) is 24.3 Å². The standard InChI is InChI=1S/C20H19N3O5S/c1-29(27,28)18-6-4-5-17(20(18)23(25)26)21-13-15-8-10-16(11-9-15)14-22-12-3-2-7-19(22)24/h2-12,21H,13-14H2,1H3. The maximum atomic E-state index is 11.8. The van der Waals surface area contributed by atoms with Crippen LogP contribution in [0.25, 0.3) is 0 Å². The predicted octanol–water partition coefficient (Wildman–Crippen LogP) is 2.82. The van der Waals surface area contributed by atoms with E-state index in [0.717, 1.165) is 17.4 Å². The monoisotopic (exact) mass is 413 g/mol. The highest BCUT2D eigenvalue weighted by molar-refractivity contribution is 7.90. The number of aromatic nitrogens is 1. The van der Waals surface area contributed by atoms with Gasteiger partial charge in [-0.1, -0.05) is 36.4 Å². The summed E-state index contributed by atoms with van der Waals surface area (Å²) in [5.74, 6) is 0. The lowest BCUT2D eigenvalue weighted by Gasteiger charge is -2.10. The molecule has 0 fully saturated rings. The number of para-hydroxylation sites is 1. The van der Waals surface area contributed by atoms with Crippen molar-refractivity contribution in [2.75, 3.05) is 11.6 Å². The fraction of sp³-hybridized carbons (Fsp3) is 0.150. The summed E-state index contributed by atoms with van der Waals surface area (Å²) >= 11 is 0. The largest absolute Gasteiger partial charge is 0.375 e. The summed E-state index contributed by atoms with van der Waals surface area (Å²) in [6, 6.07) is 16.6. The van der Waals surface area contributed by atoms with Crippen LogP contribution in [-0.4, -0.2) is 24.2 Å². The van der Waals surface area contributed by atoms with Crippen molar-refractivity contribution in [3.8, 4) is 0 Å². The Morgan fingerprint density at radius 1 is 1.00 bits per heavy atom. The fourth-order valence-corrected chi connectivity index (χ4v) is 3.76. The number of sulfone groups is 1. The molecule has 29 heavy (non-hydrogen) atoms. The molecule has 0 unspecified atom stereocenters. The summed E-state index contributed by atoms with van der Waals surface area (Å²) < 4.78 is 25.3. The first kappa shape index (κ1) is 20.3. The predicted molar refractivity (Wildman–Crippen MR) is 110 cm³/mol. The number of rotatable bonds is 7. The minimum Gasteiger partial charge on any atom is -0.375 e. The van der Waals surface area contributed by atoms with Gasteiger partial charge in [0.25, 0.3) is 5.56 Å². The zero-order valence-electron chi connectivity index (χ0n) is 15.6. The molecule has 1 heterocycles. The number of nitro groups is 1. The second-order valence-electron chi connectivity index (χ2n) is 6.52. The first-order valence-electron chi connectivity index (χ1n) is 8.70. The van der Waals surface area contributed by atoms with E-state index >= 15 is 0 Å². The lowest BCUT2D eigenvalue weighted by atomic mass is 10.1. The molecule has 0 aliphatic heterocycles. The van der Waals surface area contributed by atoms with Gasteiger partial charge in [-0.05, 0) is 29.3 Å². The lowest BCUT2D eigenvalue weighted by molar-refractivity contribution is -0.386. The van der Waals surface area contributed by atoms with Crippen LogP contribution in [0.3, 0.4) is 0 Å². The van der Waals surface area contributed by atoms with E-state index in [0.29, 0.717) is 6.54 Å². The van der Waals surface area contributed by atoms with E-state index in [1.165, 1.54) is 24.3 Å². The Hall–Kier alpha value is -3.46. The topological polar surface area (TPSA) is 111 Å². The molecule has 1 N–H and O–H groups in total. The van der Waals surface area contributed by atoms with Gasteiger partial charge in [-0.2, -0.15) is 0 Å². The van der Waals surface area contributed by atoms with Crippen LogP contribution < -0.4 is 10.9 Å². The number of benzene rings is 2. The Balaban J connectivity index is 1.76.